The van der Waals surface area contributed by atoms with E-state index in [1.165, 1.54) is 0 Å². The van der Waals surface area contributed by atoms with Gasteiger partial charge >= 0.3 is 0 Å². The number of rotatable bonds is 6. The summed E-state index contributed by atoms with van der Waals surface area (Å²) in [7, 11) is 0. The Labute approximate surface area is 209 Å². The zero-order chi connectivity index (χ0) is 24.5. The Balaban J connectivity index is 1.37. The van der Waals surface area contributed by atoms with Crippen LogP contribution >= 0.6 is 0 Å². The zero-order valence-corrected chi connectivity index (χ0v) is 20.1. The van der Waals surface area contributed by atoms with E-state index < -0.39 is 0 Å². The van der Waals surface area contributed by atoms with Gasteiger partial charge in [0.2, 0.25) is 12.1 Å². The average molecular weight is 476 g/mol. The number of hydrogen-bond donors (Lipinski definition) is 0. The summed E-state index contributed by atoms with van der Waals surface area (Å²) in [6.45, 7) is 3.94. The molecule has 2 aromatic heterocycles. The van der Waals surface area contributed by atoms with E-state index in [0.29, 0.717) is 18.2 Å². The van der Waals surface area contributed by atoms with Crippen molar-refractivity contribution in [3.63, 3.8) is 0 Å². The molecule has 0 aliphatic carbocycles. The molecule has 0 fully saturated rings. The largest absolute Gasteiger partial charge is 0.472 e. The first-order chi connectivity index (χ1) is 17.7. The first-order valence-corrected chi connectivity index (χ1v) is 11.9. The quantitative estimate of drug-likeness (QED) is 0.258. The number of aromatic nitrogens is 2. The highest BCUT2D eigenvalue weighted by Gasteiger charge is 2.29. The predicted octanol–water partition coefficient (Wildman–Crippen LogP) is 7.21. The van der Waals surface area contributed by atoms with E-state index in [-0.39, 0.29) is 6.23 Å². The molecule has 1 atom stereocenters. The Morgan fingerprint density at radius 1 is 0.889 bits per heavy atom. The van der Waals surface area contributed by atoms with Gasteiger partial charge < -0.3 is 13.7 Å². The minimum absolute atomic E-state index is 0.357. The van der Waals surface area contributed by atoms with Crippen LogP contribution in [0.4, 0.5) is 5.88 Å². The third-order valence-corrected chi connectivity index (χ3v) is 6.50. The van der Waals surface area contributed by atoms with Crippen molar-refractivity contribution in [1.29, 1.82) is 0 Å². The lowest BCUT2D eigenvalue weighted by molar-refractivity contribution is 0.169. The molecule has 3 aromatic carbocycles. The van der Waals surface area contributed by atoms with Crippen molar-refractivity contribution in [2.75, 3.05) is 4.90 Å². The van der Waals surface area contributed by atoms with Gasteiger partial charge in [-0.05, 0) is 36.6 Å². The standard InChI is InChI=1S/C30H25N3O3/c1-20-21(2)32-36-29(20)33-15-16-34-30(33)24-13-14-26(22-9-5-3-6-10-22)25(17-24)18-28-31-19-27(35-28)23-11-7-4-8-12-23/h3-17,19,30H,18H2,1-2H3. The van der Waals surface area contributed by atoms with Gasteiger partial charge in [0.15, 0.2) is 11.7 Å². The summed E-state index contributed by atoms with van der Waals surface area (Å²) in [5.41, 5.74) is 7.22. The summed E-state index contributed by atoms with van der Waals surface area (Å²) in [4.78, 5) is 6.55. The lowest BCUT2D eigenvalue weighted by atomic mass is 9.95. The molecule has 0 N–H and O–H groups in total. The SMILES string of the molecule is Cc1noc(N2C=COC2c2ccc(-c3ccccc3)c(Cc3ncc(-c4ccccc4)o3)c2)c1C. The summed E-state index contributed by atoms with van der Waals surface area (Å²) >= 11 is 0. The molecule has 36 heavy (non-hydrogen) atoms. The molecule has 6 heteroatoms. The maximum atomic E-state index is 6.15. The molecular formula is C30H25N3O3. The van der Waals surface area contributed by atoms with E-state index >= 15 is 0 Å². The van der Waals surface area contributed by atoms with Gasteiger partial charge in [-0.15, -0.1) is 0 Å². The average Bonchev–Trinajstić information content (AvgIpc) is 3.66. The molecule has 1 aliphatic rings. The van der Waals surface area contributed by atoms with Gasteiger partial charge in [-0.1, -0.05) is 78.0 Å². The predicted molar refractivity (Wildman–Crippen MR) is 138 cm³/mol. The first kappa shape index (κ1) is 21.9. The fourth-order valence-corrected chi connectivity index (χ4v) is 4.48. The monoisotopic (exact) mass is 475 g/mol. The van der Waals surface area contributed by atoms with E-state index in [9.17, 15) is 0 Å². The van der Waals surface area contributed by atoms with E-state index in [4.69, 9.17) is 13.7 Å². The molecular weight excluding hydrogens is 450 g/mol. The molecule has 5 aromatic rings. The van der Waals surface area contributed by atoms with Crippen molar-refractivity contribution in [3.05, 3.63) is 126 Å². The van der Waals surface area contributed by atoms with Crippen LogP contribution in [0, 0.1) is 13.8 Å². The van der Waals surface area contributed by atoms with Crippen molar-refractivity contribution < 1.29 is 13.7 Å². The highest BCUT2D eigenvalue weighted by atomic mass is 16.5. The summed E-state index contributed by atoms with van der Waals surface area (Å²) in [5, 5.41) is 4.12. The smallest absolute Gasteiger partial charge is 0.237 e. The van der Waals surface area contributed by atoms with E-state index in [1.54, 1.807) is 12.5 Å². The maximum absolute atomic E-state index is 6.15. The lowest BCUT2D eigenvalue weighted by Crippen LogP contribution is -2.20. The number of anilines is 1. The van der Waals surface area contributed by atoms with E-state index in [0.717, 1.165) is 44.8 Å². The normalized spacial score (nSPS) is 14.8. The maximum Gasteiger partial charge on any atom is 0.237 e. The van der Waals surface area contributed by atoms with E-state index in [1.807, 2.05) is 73.5 Å². The lowest BCUT2D eigenvalue weighted by Gasteiger charge is -2.23. The van der Waals surface area contributed by atoms with Gasteiger partial charge in [0.05, 0.1) is 11.9 Å². The van der Waals surface area contributed by atoms with Crippen molar-refractivity contribution in [1.82, 2.24) is 10.1 Å². The zero-order valence-electron chi connectivity index (χ0n) is 20.1. The molecule has 1 unspecified atom stereocenters. The molecule has 6 nitrogen and oxygen atoms in total. The third kappa shape index (κ3) is 4.07. The van der Waals surface area contributed by atoms with Crippen molar-refractivity contribution >= 4 is 5.88 Å². The minimum atomic E-state index is -0.357. The Hall–Kier alpha value is -4.58. The molecule has 0 saturated carbocycles. The first-order valence-electron chi connectivity index (χ1n) is 11.9. The summed E-state index contributed by atoms with van der Waals surface area (Å²) < 4.78 is 17.8. The Morgan fingerprint density at radius 3 is 2.36 bits per heavy atom. The van der Waals surface area contributed by atoms with Crippen LogP contribution in [0.1, 0.15) is 34.5 Å². The van der Waals surface area contributed by atoms with Gasteiger partial charge in [0.25, 0.3) is 0 Å². The third-order valence-electron chi connectivity index (χ3n) is 6.50. The Morgan fingerprint density at radius 2 is 1.64 bits per heavy atom. The molecule has 0 saturated heterocycles. The summed E-state index contributed by atoms with van der Waals surface area (Å²) in [5.74, 6) is 2.10. The van der Waals surface area contributed by atoms with E-state index in [2.05, 4.69) is 40.5 Å². The van der Waals surface area contributed by atoms with Crippen LogP contribution in [0.25, 0.3) is 22.5 Å². The Bertz CT molecular complexity index is 1520. The fraction of sp³-hybridized carbons (Fsp3) is 0.133. The number of ether oxygens (including phenoxy) is 1. The van der Waals surface area contributed by atoms with Crippen LogP contribution in [-0.2, 0) is 11.2 Å². The fourth-order valence-electron chi connectivity index (χ4n) is 4.48. The second-order valence-electron chi connectivity index (χ2n) is 8.82. The van der Waals surface area contributed by atoms with Crippen molar-refractivity contribution in [2.24, 2.45) is 0 Å². The van der Waals surface area contributed by atoms with Crippen LogP contribution in [-0.4, -0.2) is 10.1 Å². The second-order valence-corrected chi connectivity index (χ2v) is 8.82. The molecule has 0 bridgehead atoms. The number of oxazole rings is 1. The van der Waals surface area contributed by atoms with Gasteiger partial charge in [-0.25, -0.2) is 4.98 Å². The minimum Gasteiger partial charge on any atom is -0.472 e. The van der Waals surface area contributed by atoms with Crippen molar-refractivity contribution in [3.8, 4) is 22.5 Å². The molecule has 3 heterocycles. The summed E-state index contributed by atoms with van der Waals surface area (Å²) in [6, 6.07) is 26.8. The summed E-state index contributed by atoms with van der Waals surface area (Å²) in [6.07, 6.45) is 5.54. The van der Waals surface area contributed by atoms with Gasteiger partial charge in [0.1, 0.15) is 6.26 Å². The molecule has 0 radical (unpaired) electrons. The molecule has 6 rings (SSSR count). The highest BCUT2D eigenvalue weighted by molar-refractivity contribution is 5.69. The van der Waals surface area contributed by atoms with Crippen LogP contribution in [0.15, 0.2) is 106 Å². The van der Waals surface area contributed by atoms with Crippen molar-refractivity contribution in [2.45, 2.75) is 26.5 Å². The van der Waals surface area contributed by atoms with Crippen LogP contribution in [0.3, 0.4) is 0 Å². The van der Waals surface area contributed by atoms with Crippen LogP contribution in [0.2, 0.25) is 0 Å². The topological polar surface area (TPSA) is 64.5 Å². The van der Waals surface area contributed by atoms with Gasteiger partial charge in [-0.2, -0.15) is 0 Å². The second kappa shape index (κ2) is 9.23. The number of hydrogen-bond acceptors (Lipinski definition) is 6. The van der Waals surface area contributed by atoms with Crippen LogP contribution < -0.4 is 4.90 Å². The molecule has 178 valence electrons. The molecule has 1 aliphatic heterocycles. The number of nitrogens with zero attached hydrogens (tertiary/aromatic N) is 3. The van der Waals surface area contributed by atoms with Gasteiger partial charge in [0, 0.05) is 29.3 Å². The molecule has 0 spiro atoms. The highest BCUT2D eigenvalue weighted by Crippen LogP contribution is 2.38. The molecule has 0 amide bonds. The Kier molecular flexibility index (Phi) is 5.62. The van der Waals surface area contributed by atoms with Crippen LogP contribution in [0.5, 0.6) is 0 Å². The number of aryl methyl sites for hydroxylation is 1. The number of benzene rings is 3. The van der Waals surface area contributed by atoms with Gasteiger partial charge in [-0.3, -0.25) is 4.90 Å².